The third-order valence-corrected chi connectivity index (χ3v) is 6.11. The Balaban J connectivity index is 1.48. The van der Waals surface area contributed by atoms with E-state index in [-0.39, 0.29) is 17.3 Å². The highest BCUT2D eigenvalue weighted by Gasteiger charge is 2.25. The Hall–Kier alpha value is -4.34. The smallest absolute Gasteiger partial charge is 0.315 e. The van der Waals surface area contributed by atoms with Gasteiger partial charge in [-0.1, -0.05) is 45.0 Å². The van der Waals surface area contributed by atoms with Crippen molar-refractivity contribution in [3.05, 3.63) is 71.1 Å². The van der Waals surface area contributed by atoms with Gasteiger partial charge in [0.15, 0.2) is 5.82 Å². The number of hydrogen-bond donors (Lipinski definition) is 2. The van der Waals surface area contributed by atoms with Crippen LogP contribution >= 0.6 is 0 Å². The third-order valence-electron chi connectivity index (χ3n) is 6.11. The van der Waals surface area contributed by atoms with Crippen LogP contribution in [0.1, 0.15) is 73.9 Å². The summed E-state index contributed by atoms with van der Waals surface area (Å²) in [6.07, 6.45) is 2.35. The van der Waals surface area contributed by atoms with E-state index < -0.39 is 5.91 Å². The first kappa shape index (κ1) is 26.7. The molecule has 0 bridgehead atoms. The average molecular weight is 516 g/mol. The molecule has 1 aromatic carbocycles. The molecule has 3 aromatic heterocycles. The number of ether oxygens (including phenoxy) is 1. The highest BCUT2D eigenvalue weighted by atomic mass is 16.5. The minimum absolute atomic E-state index is 0.0477. The monoisotopic (exact) mass is 515 g/mol. The quantitative estimate of drug-likeness (QED) is 0.320. The first-order chi connectivity index (χ1) is 18.1. The lowest BCUT2D eigenvalue weighted by Gasteiger charge is -2.16. The number of carbonyl (C=O) groups excluding carboxylic acids is 1. The van der Waals surface area contributed by atoms with Crippen molar-refractivity contribution in [1.82, 2.24) is 30.4 Å². The van der Waals surface area contributed by atoms with E-state index in [0.717, 1.165) is 34.4 Å². The summed E-state index contributed by atoms with van der Waals surface area (Å²) in [5.41, 5.74) is 4.39. The molecule has 10 heteroatoms. The predicted molar refractivity (Wildman–Crippen MR) is 145 cm³/mol. The maximum Gasteiger partial charge on any atom is 0.315 e. The Morgan fingerprint density at radius 2 is 1.87 bits per heavy atom. The van der Waals surface area contributed by atoms with E-state index in [4.69, 9.17) is 9.26 Å². The molecule has 0 aliphatic rings. The van der Waals surface area contributed by atoms with Gasteiger partial charge in [-0.15, -0.1) is 0 Å². The van der Waals surface area contributed by atoms with Crippen LogP contribution in [0.5, 0.6) is 5.88 Å². The zero-order valence-electron chi connectivity index (χ0n) is 22.8. The molecule has 0 spiro atoms. The zero-order valence-corrected chi connectivity index (χ0v) is 22.8. The van der Waals surface area contributed by atoms with Crippen LogP contribution < -0.4 is 15.4 Å². The van der Waals surface area contributed by atoms with Crippen molar-refractivity contribution in [3.63, 3.8) is 0 Å². The van der Waals surface area contributed by atoms with E-state index >= 15 is 0 Å². The summed E-state index contributed by atoms with van der Waals surface area (Å²) in [6, 6.07) is 11.5. The number of pyridine rings is 1. The van der Waals surface area contributed by atoms with Crippen molar-refractivity contribution < 1.29 is 14.1 Å². The molecule has 0 aliphatic heterocycles. The number of benzene rings is 1. The highest BCUT2D eigenvalue weighted by molar-refractivity contribution is 5.89. The lowest BCUT2D eigenvalue weighted by Crippen LogP contribution is -2.27. The number of aryl methyl sites for hydroxylation is 2. The Kier molecular flexibility index (Phi) is 7.70. The number of hydrogen-bond acceptors (Lipinski definition) is 9. The van der Waals surface area contributed by atoms with E-state index in [1.165, 1.54) is 6.33 Å². The summed E-state index contributed by atoms with van der Waals surface area (Å²) in [4.78, 5) is 30.2. The van der Waals surface area contributed by atoms with Gasteiger partial charge in [0.2, 0.25) is 5.88 Å². The summed E-state index contributed by atoms with van der Waals surface area (Å²) < 4.78 is 10.6. The van der Waals surface area contributed by atoms with E-state index in [2.05, 4.69) is 42.6 Å². The molecule has 0 aliphatic carbocycles. The summed E-state index contributed by atoms with van der Waals surface area (Å²) in [7, 11) is 1.61. The van der Waals surface area contributed by atoms with Crippen molar-refractivity contribution in [2.45, 2.75) is 59.4 Å². The predicted octanol–water partition coefficient (Wildman–Crippen LogP) is 5.33. The first-order valence-electron chi connectivity index (χ1n) is 12.5. The van der Waals surface area contributed by atoms with Gasteiger partial charge in [-0.2, -0.15) is 9.97 Å². The molecular formula is C28H33N7O3. The third kappa shape index (κ3) is 5.96. The van der Waals surface area contributed by atoms with Gasteiger partial charge < -0.3 is 19.9 Å². The first-order valence-corrected chi connectivity index (χ1v) is 12.5. The van der Waals surface area contributed by atoms with Gasteiger partial charge in [0.1, 0.15) is 18.0 Å². The van der Waals surface area contributed by atoms with Crippen LogP contribution in [0.4, 0.5) is 11.6 Å². The molecule has 198 valence electrons. The van der Waals surface area contributed by atoms with Gasteiger partial charge in [0.25, 0.3) is 0 Å². The van der Waals surface area contributed by atoms with Crippen LogP contribution in [0.3, 0.4) is 0 Å². The number of aromatic nitrogens is 5. The van der Waals surface area contributed by atoms with Gasteiger partial charge in [-0.25, -0.2) is 9.97 Å². The van der Waals surface area contributed by atoms with Gasteiger partial charge >= 0.3 is 11.8 Å². The molecule has 0 unspecified atom stereocenters. The molecule has 38 heavy (non-hydrogen) atoms. The number of rotatable bonds is 8. The van der Waals surface area contributed by atoms with Crippen LogP contribution in [-0.4, -0.2) is 38.1 Å². The fraction of sp³-hybridized carbons (Fsp3) is 0.357. The lowest BCUT2D eigenvalue weighted by molar-refractivity contribution is 0.0895. The summed E-state index contributed by atoms with van der Waals surface area (Å²) >= 11 is 0. The van der Waals surface area contributed by atoms with E-state index in [9.17, 15) is 4.79 Å². The second-order valence-corrected chi connectivity index (χ2v) is 10.1. The van der Waals surface area contributed by atoms with Gasteiger partial charge in [-0.05, 0) is 49.6 Å². The van der Waals surface area contributed by atoms with Crippen LogP contribution in [0.15, 0.2) is 47.2 Å². The summed E-state index contributed by atoms with van der Waals surface area (Å²) in [6.45, 7) is 11.8. The van der Waals surface area contributed by atoms with Crippen molar-refractivity contribution in [1.29, 1.82) is 0 Å². The number of nitrogens with zero attached hydrogens (tertiary/aromatic N) is 5. The van der Waals surface area contributed by atoms with Crippen molar-refractivity contribution >= 4 is 17.5 Å². The summed E-state index contributed by atoms with van der Waals surface area (Å²) in [5, 5.41) is 10.1. The molecule has 0 saturated heterocycles. The van der Waals surface area contributed by atoms with Crippen molar-refractivity contribution in [3.8, 4) is 17.1 Å². The molecule has 1 amide bonds. The van der Waals surface area contributed by atoms with E-state index in [1.807, 2.05) is 71.0 Å². The molecular weight excluding hydrogens is 482 g/mol. The highest BCUT2D eigenvalue weighted by Crippen LogP contribution is 2.27. The van der Waals surface area contributed by atoms with Crippen LogP contribution in [-0.2, 0) is 11.8 Å². The molecule has 4 aromatic rings. The second-order valence-electron chi connectivity index (χ2n) is 10.1. The van der Waals surface area contributed by atoms with Crippen molar-refractivity contribution in [2.75, 3.05) is 12.4 Å². The second kappa shape index (κ2) is 11.0. The van der Waals surface area contributed by atoms with Crippen LogP contribution in [0.2, 0.25) is 0 Å². The summed E-state index contributed by atoms with van der Waals surface area (Å²) in [5.74, 6) is 1.87. The number of nitrogens with one attached hydrogen (secondary N) is 2. The number of carbonyl (C=O) groups is 1. The Bertz CT molecular complexity index is 1440. The average Bonchev–Trinajstić information content (AvgIpc) is 3.40. The van der Waals surface area contributed by atoms with E-state index in [0.29, 0.717) is 23.3 Å². The van der Waals surface area contributed by atoms with Crippen molar-refractivity contribution in [2.24, 2.45) is 0 Å². The standard InChI is InChI=1S/C28H33N7O3/c1-8-18-10-12-22(33-25(18)37-7)32-23-14-21(29-15-30-23)19-9-11-20(16(2)13-19)17(3)31-24(36)26-34-27(35-38-26)28(4,5)6/h9-15,17H,8H2,1-7H3,(H,31,36)(H,29,30,32,33)/t17-/m1/s1. The minimum Gasteiger partial charge on any atom is -0.481 e. The van der Waals surface area contributed by atoms with Gasteiger partial charge in [-0.3, -0.25) is 4.79 Å². The fourth-order valence-corrected chi connectivity index (χ4v) is 3.98. The molecule has 4 rings (SSSR count). The molecule has 0 saturated carbocycles. The van der Waals surface area contributed by atoms with Crippen LogP contribution in [0, 0.1) is 6.92 Å². The number of anilines is 2. The molecule has 3 heterocycles. The molecule has 0 radical (unpaired) electrons. The Labute approximate surface area is 222 Å². The maximum atomic E-state index is 12.7. The lowest BCUT2D eigenvalue weighted by atomic mass is 9.96. The normalized spacial score (nSPS) is 12.2. The number of methoxy groups -OCH3 is 1. The molecule has 0 fully saturated rings. The Morgan fingerprint density at radius 1 is 1.08 bits per heavy atom. The topological polar surface area (TPSA) is 128 Å². The minimum atomic E-state index is -0.410. The molecule has 1 atom stereocenters. The SMILES string of the molecule is CCc1ccc(Nc2cc(-c3ccc([C@@H](C)NC(=O)c4nc(C(C)(C)C)no4)c(C)c3)ncn2)nc1OC. The van der Waals surface area contributed by atoms with Gasteiger partial charge in [0.05, 0.1) is 18.8 Å². The largest absolute Gasteiger partial charge is 0.481 e. The van der Waals surface area contributed by atoms with Gasteiger partial charge in [0, 0.05) is 22.6 Å². The zero-order chi connectivity index (χ0) is 27.4. The molecule has 10 nitrogen and oxygen atoms in total. The maximum absolute atomic E-state index is 12.7. The number of amides is 1. The van der Waals surface area contributed by atoms with E-state index in [1.54, 1.807) is 7.11 Å². The van der Waals surface area contributed by atoms with Crippen LogP contribution in [0.25, 0.3) is 11.3 Å². The fourth-order valence-electron chi connectivity index (χ4n) is 3.98. The molecule has 2 N–H and O–H groups in total. The Morgan fingerprint density at radius 3 is 2.53 bits per heavy atom.